The molecule has 3 aliphatic rings. The topological polar surface area (TPSA) is 132 Å². The minimum absolute atomic E-state index is 0.108. The molecule has 34 heavy (non-hydrogen) atoms. The molecule has 7 nitrogen and oxygen atoms in total. The summed E-state index contributed by atoms with van der Waals surface area (Å²) in [6, 6.07) is 1.93. The van der Waals surface area contributed by atoms with E-state index in [9.17, 15) is 34.8 Å². The summed E-state index contributed by atoms with van der Waals surface area (Å²) in [5, 5.41) is 44.6. The quantitative estimate of drug-likeness (QED) is 0.491. The molecule has 7 heteroatoms. The molecule has 0 heterocycles. The van der Waals surface area contributed by atoms with Crippen LogP contribution >= 0.6 is 0 Å². The van der Waals surface area contributed by atoms with E-state index in [2.05, 4.69) is 0 Å². The second kappa shape index (κ2) is 7.54. The summed E-state index contributed by atoms with van der Waals surface area (Å²) in [6.07, 6.45) is 2.32. The lowest BCUT2D eigenvalue weighted by Gasteiger charge is -2.56. The molecule has 0 aromatic heterocycles. The van der Waals surface area contributed by atoms with Crippen LogP contribution in [0.4, 0.5) is 0 Å². The van der Waals surface area contributed by atoms with Crippen LogP contribution in [-0.2, 0) is 28.9 Å². The van der Waals surface area contributed by atoms with Gasteiger partial charge < -0.3 is 20.4 Å². The molecule has 0 fully saturated rings. The number of aryl methyl sites for hydroxylation is 2. The van der Waals surface area contributed by atoms with Gasteiger partial charge in [-0.15, -0.1) is 0 Å². The molecule has 0 spiro atoms. The maximum Gasteiger partial charge on any atom is 0.209 e. The van der Waals surface area contributed by atoms with Gasteiger partial charge in [-0.2, -0.15) is 0 Å². The lowest BCUT2D eigenvalue weighted by molar-refractivity contribution is -0.159. The van der Waals surface area contributed by atoms with Crippen molar-refractivity contribution in [1.29, 1.82) is 0 Å². The maximum absolute atomic E-state index is 13.9. The Hall–Kier alpha value is -2.93. The number of phenolic OH excluding ortho intramolecular Hbond substituents is 1. The Morgan fingerprint density at radius 3 is 2.26 bits per heavy atom. The summed E-state index contributed by atoms with van der Waals surface area (Å²) in [6.45, 7) is 8.40. The second-order valence-corrected chi connectivity index (χ2v) is 10.6. The molecule has 0 radical (unpaired) electrons. The number of allylic oxidation sites excluding steroid dienone is 2. The van der Waals surface area contributed by atoms with Crippen molar-refractivity contribution in [2.75, 3.05) is 0 Å². The number of carbonyl (C=O) groups is 3. The fraction of sp³-hybridized carbons (Fsp3) is 0.519. The SMILES string of the molecule is CCCc1cc(CC)c(O)c2c1C[C@]1(C)C[C@]3(C)CC(O)=C(C(C)=O)C(=O)[C@]3(O)C(O)=C1C2=O. The molecule has 3 atom stereocenters. The fourth-order valence-electron chi connectivity index (χ4n) is 6.62. The third kappa shape index (κ3) is 2.89. The van der Waals surface area contributed by atoms with Crippen LogP contribution in [0, 0.1) is 10.8 Å². The summed E-state index contributed by atoms with van der Waals surface area (Å²) >= 11 is 0. The molecule has 0 saturated carbocycles. The number of aliphatic hydroxyl groups excluding tert-OH is 2. The second-order valence-electron chi connectivity index (χ2n) is 10.6. The first-order valence-electron chi connectivity index (χ1n) is 11.8. The van der Waals surface area contributed by atoms with Crippen molar-refractivity contribution in [3.8, 4) is 5.75 Å². The van der Waals surface area contributed by atoms with Crippen LogP contribution in [0.25, 0.3) is 0 Å². The van der Waals surface area contributed by atoms with Gasteiger partial charge in [0.2, 0.25) is 5.78 Å². The number of hydrogen-bond acceptors (Lipinski definition) is 7. The smallest absolute Gasteiger partial charge is 0.209 e. The van der Waals surface area contributed by atoms with E-state index in [4.69, 9.17) is 0 Å². The lowest BCUT2D eigenvalue weighted by atomic mass is 9.48. The van der Waals surface area contributed by atoms with Crippen molar-refractivity contribution in [1.82, 2.24) is 0 Å². The van der Waals surface area contributed by atoms with Crippen molar-refractivity contribution in [3.05, 3.63) is 51.0 Å². The minimum atomic E-state index is -2.54. The minimum Gasteiger partial charge on any atom is -0.511 e. The zero-order chi connectivity index (χ0) is 25.4. The van der Waals surface area contributed by atoms with Gasteiger partial charge in [0.1, 0.15) is 22.8 Å². The van der Waals surface area contributed by atoms with Crippen molar-refractivity contribution in [3.63, 3.8) is 0 Å². The first-order chi connectivity index (χ1) is 15.8. The van der Waals surface area contributed by atoms with Gasteiger partial charge in [-0.3, -0.25) is 14.4 Å². The molecule has 1 aromatic carbocycles. The number of benzene rings is 1. The van der Waals surface area contributed by atoms with E-state index in [1.54, 1.807) is 13.8 Å². The van der Waals surface area contributed by atoms with E-state index < -0.39 is 50.9 Å². The van der Waals surface area contributed by atoms with Crippen molar-refractivity contribution in [2.45, 2.75) is 78.7 Å². The summed E-state index contributed by atoms with van der Waals surface area (Å²) in [7, 11) is 0. The standard InChI is InChI=1S/C27H32O7/c1-6-8-15-9-14(7-2)21(30)19-16(15)10-25(4)12-26(5)11-17(29)18(13(3)28)23(32)27(26,34)24(33)20(25)22(19)31/h9,29-30,33-34H,6-8,10-12H2,1-5H3/t25-,26+,27+/m1/s1. The molecule has 4 N–H and O–H groups in total. The number of hydrogen-bond donors (Lipinski definition) is 4. The van der Waals surface area contributed by atoms with Gasteiger partial charge in [0.15, 0.2) is 17.2 Å². The van der Waals surface area contributed by atoms with E-state index in [1.165, 1.54) is 0 Å². The summed E-state index contributed by atoms with van der Waals surface area (Å²) in [5.41, 5.74) is -3.07. The highest BCUT2D eigenvalue weighted by molar-refractivity contribution is 6.25. The lowest BCUT2D eigenvalue weighted by Crippen LogP contribution is -2.63. The van der Waals surface area contributed by atoms with Crippen molar-refractivity contribution in [2.24, 2.45) is 10.8 Å². The first kappa shape index (κ1) is 24.2. The molecular weight excluding hydrogens is 436 g/mol. The zero-order valence-electron chi connectivity index (χ0n) is 20.3. The van der Waals surface area contributed by atoms with E-state index in [0.29, 0.717) is 18.4 Å². The van der Waals surface area contributed by atoms with Crippen LogP contribution in [0.15, 0.2) is 28.7 Å². The average molecular weight is 469 g/mol. The van der Waals surface area contributed by atoms with Crippen LogP contribution in [0.2, 0.25) is 0 Å². The highest BCUT2D eigenvalue weighted by atomic mass is 16.3. The average Bonchev–Trinajstić information content (AvgIpc) is 2.72. The van der Waals surface area contributed by atoms with E-state index in [1.807, 2.05) is 19.9 Å². The number of Topliss-reactive ketones (excluding diaryl/α,β-unsaturated/α-hetero) is 3. The monoisotopic (exact) mass is 468 g/mol. The zero-order valence-corrected chi connectivity index (χ0v) is 20.3. The van der Waals surface area contributed by atoms with Gasteiger partial charge >= 0.3 is 0 Å². The molecular formula is C27H32O7. The molecule has 0 saturated heterocycles. The van der Waals surface area contributed by atoms with Crippen LogP contribution in [0.1, 0.15) is 80.9 Å². The van der Waals surface area contributed by atoms with Gasteiger partial charge in [0.25, 0.3) is 0 Å². The highest BCUT2D eigenvalue weighted by Gasteiger charge is 2.67. The van der Waals surface area contributed by atoms with Gasteiger partial charge in [-0.25, -0.2) is 0 Å². The third-order valence-corrected chi connectivity index (χ3v) is 8.09. The van der Waals surface area contributed by atoms with Gasteiger partial charge in [-0.1, -0.05) is 40.2 Å². The first-order valence-corrected chi connectivity index (χ1v) is 11.8. The number of ketones is 3. The van der Waals surface area contributed by atoms with E-state index in [0.717, 1.165) is 30.9 Å². The molecule has 0 bridgehead atoms. The van der Waals surface area contributed by atoms with Crippen molar-refractivity contribution >= 4 is 17.3 Å². The Morgan fingerprint density at radius 1 is 1.06 bits per heavy atom. The van der Waals surface area contributed by atoms with Crippen LogP contribution < -0.4 is 0 Å². The number of aromatic hydroxyl groups is 1. The van der Waals surface area contributed by atoms with E-state index >= 15 is 0 Å². The molecule has 0 unspecified atom stereocenters. The number of rotatable bonds is 4. The molecule has 0 amide bonds. The Bertz CT molecular complexity index is 1220. The van der Waals surface area contributed by atoms with Crippen LogP contribution in [-0.4, -0.2) is 43.4 Å². The Balaban J connectivity index is 2.03. The van der Waals surface area contributed by atoms with E-state index in [-0.39, 0.29) is 29.7 Å². The summed E-state index contributed by atoms with van der Waals surface area (Å²) in [4.78, 5) is 39.3. The Morgan fingerprint density at radius 2 is 1.71 bits per heavy atom. The number of fused-ring (bicyclic) bond motifs is 3. The number of phenols is 1. The number of carbonyl (C=O) groups excluding carboxylic acids is 3. The molecule has 182 valence electrons. The summed E-state index contributed by atoms with van der Waals surface area (Å²) in [5.74, 6) is -3.77. The van der Waals surface area contributed by atoms with Gasteiger partial charge in [0.05, 0.1) is 5.56 Å². The predicted molar refractivity (Wildman–Crippen MR) is 125 cm³/mol. The van der Waals surface area contributed by atoms with Gasteiger partial charge in [-0.05, 0) is 49.3 Å². The fourth-order valence-corrected chi connectivity index (χ4v) is 6.62. The van der Waals surface area contributed by atoms with Crippen LogP contribution in [0.5, 0.6) is 5.75 Å². The van der Waals surface area contributed by atoms with Crippen LogP contribution in [0.3, 0.4) is 0 Å². The third-order valence-electron chi connectivity index (χ3n) is 8.09. The number of aliphatic hydroxyl groups is 3. The predicted octanol–water partition coefficient (Wildman–Crippen LogP) is 3.98. The molecule has 4 rings (SSSR count). The molecule has 0 aliphatic heterocycles. The normalized spacial score (nSPS) is 30.8. The maximum atomic E-state index is 13.9. The Kier molecular flexibility index (Phi) is 5.36. The molecule has 3 aliphatic carbocycles. The van der Waals surface area contributed by atoms with Crippen molar-refractivity contribution < 1.29 is 34.8 Å². The molecule has 1 aromatic rings. The Labute approximate surface area is 198 Å². The highest BCUT2D eigenvalue weighted by Crippen LogP contribution is 2.62. The summed E-state index contributed by atoms with van der Waals surface area (Å²) < 4.78 is 0. The van der Waals surface area contributed by atoms with Gasteiger partial charge in [0, 0.05) is 22.8 Å². The largest absolute Gasteiger partial charge is 0.511 e.